The van der Waals surface area contributed by atoms with E-state index in [0.717, 1.165) is 13.0 Å². The zero-order chi connectivity index (χ0) is 12.3. The second-order valence-electron chi connectivity index (χ2n) is 4.50. The molecule has 1 amide bonds. The van der Waals surface area contributed by atoms with Crippen LogP contribution < -0.4 is 5.32 Å². The normalized spacial score (nSPS) is 20.5. The van der Waals surface area contributed by atoms with Crippen molar-refractivity contribution in [2.75, 3.05) is 20.1 Å². The summed E-state index contributed by atoms with van der Waals surface area (Å²) < 4.78 is 0. The van der Waals surface area contributed by atoms with Gasteiger partial charge in [-0.05, 0) is 44.6 Å². The Kier molecular flexibility index (Phi) is 4.02. The largest absolute Gasteiger partial charge is 0.350 e. The molecule has 0 saturated carbocycles. The standard InChI is InChI=1S/C13H17ClN2O/c1-16-7-3-6-12(16)9-15-13(17)10-4-2-5-11(14)8-10/h2,4-5,8,12H,3,6-7,9H2,1H3,(H,15,17). The summed E-state index contributed by atoms with van der Waals surface area (Å²) >= 11 is 5.85. The molecule has 1 aromatic rings. The van der Waals surface area contributed by atoms with Gasteiger partial charge < -0.3 is 10.2 Å². The van der Waals surface area contributed by atoms with Crippen LogP contribution >= 0.6 is 11.6 Å². The SMILES string of the molecule is CN1CCCC1CNC(=O)c1cccc(Cl)c1. The van der Waals surface area contributed by atoms with E-state index >= 15 is 0 Å². The van der Waals surface area contributed by atoms with E-state index in [4.69, 9.17) is 11.6 Å². The fourth-order valence-corrected chi connectivity index (χ4v) is 2.37. The number of likely N-dealkylation sites (N-methyl/N-ethyl adjacent to an activating group) is 1. The third kappa shape index (κ3) is 3.20. The predicted molar refractivity (Wildman–Crippen MR) is 69.4 cm³/mol. The minimum absolute atomic E-state index is 0.0483. The van der Waals surface area contributed by atoms with Gasteiger partial charge in [-0.25, -0.2) is 0 Å². The third-order valence-electron chi connectivity index (χ3n) is 3.26. The zero-order valence-corrected chi connectivity index (χ0v) is 10.7. The maximum absolute atomic E-state index is 11.9. The summed E-state index contributed by atoms with van der Waals surface area (Å²) in [7, 11) is 2.10. The number of hydrogen-bond acceptors (Lipinski definition) is 2. The molecule has 2 rings (SSSR count). The highest BCUT2D eigenvalue weighted by molar-refractivity contribution is 6.30. The minimum atomic E-state index is -0.0483. The summed E-state index contributed by atoms with van der Waals surface area (Å²) in [4.78, 5) is 14.2. The van der Waals surface area contributed by atoms with Gasteiger partial charge in [0.05, 0.1) is 0 Å². The lowest BCUT2D eigenvalue weighted by Crippen LogP contribution is -2.38. The summed E-state index contributed by atoms with van der Waals surface area (Å²) in [5.41, 5.74) is 0.623. The molecular formula is C13H17ClN2O. The van der Waals surface area contributed by atoms with E-state index in [2.05, 4.69) is 17.3 Å². The molecule has 1 aliphatic rings. The average molecular weight is 253 g/mol. The summed E-state index contributed by atoms with van der Waals surface area (Å²) in [6.07, 6.45) is 2.38. The van der Waals surface area contributed by atoms with Crippen molar-refractivity contribution in [3.8, 4) is 0 Å². The monoisotopic (exact) mass is 252 g/mol. The van der Waals surface area contributed by atoms with Gasteiger partial charge >= 0.3 is 0 Å². The number of carbonyl (C=O) groups is 1. The Hall–Kier alpha value is -1.06. The lowest BCUT2D eigenvalue weighted by atomic mass is 10.2. The molecule has 1 heterocycles. The van der Waals surface area contributed by atoms with E-state index in [-0.39, 0.29) is 5.91 Å². The molecule has 0 aliphatic carbocycles. The predicted octanol–water partition coefficient (Wildman–Crippen LogP) is 2.16. The van der Waals surface area contributed by atoms with Crippen LogP contribution in [-0.2, 0) is 0 Å². The van der Waals surface area contributed by atoms with E-state index in [1.165, 1.54) is 6.42 Å². The van der Waals surface area contributed by atoms with Gasteiger partial charge in [0.2, 0.25) is 0 Å². The van der Waals surface area contributed by atoms with Crippen molar-refractivity contribution < 1.29 is 4.79 Å². The Bertz CT molecular complexity index is 408. The number of amides is 1. The smallest absolute Gasteiger partial charge is 0.251 e. The number of rotatable bonds is 3. The first-order valence-electron chi connectivity index (χ1n) is 5.91. The van der Waals surface area contributed by atoms with Crippen molar-refractivity contribution in [1.82, 2.24) is 10.2 Å². The van der Waals surface area contributed by atoms with Crippen LogP contribution in [0.2, 0.25) is 5.02 Å². The molecule has 0 bridgehead atoms. The van der Waals surface area contributed by atoms with Crippen LogP contribution in [-0.4, -0.2) is 37.0 Å². The topological polar surface area (TPSA) is 32.3 Å². The quantitative estimate of drug-likeness (QED) is 0.894. The number of nitrogens with zero attached hydrogens (tertiary/aromatic N) is 1. The first-order valence-corrected chi connectivity index (χ1v) is 6.28. The van der Waals surface area contributed by atoms with Gasteiger partial charge in [-0.1, -0.05) is 17.7 Å². The molecule has 0 aromatic heterocycles. The Labute approximate surface area is 107 Å². The molecule has 1 aromatic carbocycles. The second kappa shape index (κ2) is 5.52. The van der Waals surface area contributed by atoms with E-state index in [1.807, 2.05) is 0 Å². The van der Waals surface area contributed by atoms with Crippen LogP contribution in [0.4, 0.5) is 0 Å². The lowest BCUT2D eigenvalue weighted by molar-refractivity contribution is 0.0943. The highest BCUT2D eigenvalue weighted by Crippen LogP contribution is 2.14. The first kappa shape index (κ1) is 12.4. The minimum Gasteiger partial charge on any atom is -0.350 e. The number of nitrogens with one attached hydrogen (secondary N) is 1. The molecule has 4 heteroatoms. The molecule has 92 valence electrons. The first-order chi connectivity index (χ1) is 8.16. The number of likely N-dealkylation sites (tertiary alicyclic amines) is 1. The van der Waals surface area contributed by atoms with Crippen molar-refractivity contribution in [2.45, 2.75) is 18.9 Å². The molecule has 17 heavy (non-hydrogen) atoms. The van der Waals surface area contributed by atoms with Crippen LogP contribution in [0.5, 0.6) is 0 Å². The van der Waals surface area contributed by atoms with Crippen LogP contribution in [0.3, 0.4) is 0 Å². The summed E-state index contributed by atoms with van der Waals surface area (Å²) in [6.45, 7) is 1.83. The molecule has 3 nitrogen and oxygen atoms in total. The highest BCUT2D eigenvalue weighted by atomic mass is 35.5. The van der Waals surface area contributed by atoms with Gasteiger partial charge in [-0.2, -0.15) is 0 Å². The van der Waals surface area contributed by atoms with Crippen molar-refractivity contribution in [2.24, 2.45) is 0 Å². The van der Waals surface area contributed by atoms with Gasteiger partial charge in [0.25, 0.3) is 5.91 Å². The van der Waals surface area contributed by atoms with Crippen molar-refractivity contribution in [3.05, 3.63) is 34.9 Å². The summed E-state index contributed by atoms with van der Waals surface area (Å²) in [5, 5.41) is 3.55. The van der Waals surface area contributed by atoms with Crippen LogP contribution in [0, 0.1) is 0 Å². The Balaban J connectivity index is 1.89. The molecule has 1 saturated heterocycles. The van der Waals surface area contributed by atoms with Gasteiger partial charge in [0, 0.05) is 23.2 Å². The molecule has 0 spiro atoms. The van der Waals surface area contributed by atoms with E-state index in [0.29, 0.717) is 23.2 Å². The van der Waals surface area contributed by atoms with Crippen LogP contribution in [0.25, 0.3) is 0 Å². The Morgan fingerprint density at radius 2 is 2.41 bits per heavy atom. The highest BCUT2D eigenvalue weighted by Gasteiger charge is 2.21. The van der Waals surface area contributed by atoms with Gasteiger partial charge in [0.15, 0.2) is 0 Å². The van der Waals surface area contributed by atoms with Crippen molar-refractivity contribution >= 4 is 17.5 Å². The number of halogens is 1. The zero-order valence-electron chi connectivity index (χ0n) is 9.95. The van der Waals surface area contributed by atoms with Gasteiger partial charge in [-0.15, -0.1) is 0 Å². The number of hydrogen-bond donors (Lipinski definition) is 1. The molecule has 1 aliphatic heterocycles. The van der Waals surface area contributed by atoms with Gasteiger partial charge in [0.1, 0.15) is 0 Å². The third-order valence-corrected chi connectivity index (χ3v) is 3.49. The van der Waals surface area contributed by atoms with Crippen molar-refractivity contribution in [1.29, 1.82) is 0 Å². The fourth-order valence-electron chi connectivity index (χ4n) is 2.18. The molecule has 1 N–H and O–H groups in total. The second-order valence-corrected chi connectivity index (χ2v) is 4.93. The summed E-state index contributed by atoms with van der Waals surface area (Å²) in [5.74, 6) is -0.0483. The average Bonchev–Trinajstić information content (AvgIpc) is 2.72. The fraction of sp³-hybridized carbons (Fsp3) is 0.462. The molecular weight excluding hydrogens is 236 g/mol. The Morgan fingerprint density at radius 3 is 3.06 bits per heavy atom. The maximum Gasteiger partial charge on any atom is 0.251 e. The molecule has 1 atom stereocenters. The Morgan fingerprint density at radius 1 is 1.59 bits per heavy atom. The molecule has 1 fully saturated rings. The number of benzene rings is 1. The number of carbonyl (C=O) groups excluding carboxylic acids is 1. The summed E-state index contributed by atoms with van der Waals surface area (Å²) in [6, 6.07) is 7.50. The van der Waals surface area contributed by atoms with Crippen LogP contribution in [0.1, 0.15) is 23.2 Å². The van der Waals surface area contributed by atoms with E-state index in [9.17, 15) is 4.79 Å². The van der Waals surface area contributed by atoms with Crippen molar-refractivity contribution in [3.63, 3.8) is 0 Å². The van der Waals surface area contributed by atoms with E-state index in [1.54, 1.807) is 24.3 Å². The molecule has 1 unspecified atom stereocenters. The van der Waals surface area contributed by atoms with Crippen LogP contribution in [0.15, 0.2) is 24.3 Å². The molecule has 0 radical (unpaired) electrons. The maximum atomic E-state index is 11.9. The van der Waals surface area contributed by atoms with E-state index < -0.39 is 0 Å². The lowest BCUT2D eigenvalue weighted by Gasteiger charge is -2.19. The van der Waals surface area contributed by atoms with Gasteiger partial charge in [-0.3, -0.25) is 4.79 Å².